The number of hydrogen-bond donors (Lipinski definition) is 3. The highest BCUT2D eigenvalue weighted by Crippen LogP contribution is 2.32. The van der Waals surface area contributed by atoms with E-state index in [0.29, 0.717) is 51.9 Å². The molecule has 2 fully saturated rings. The Bertz CT molecular complexity index is 3420. The number of H-pyrrole nitrogens is 1. The van der Waals surface area contributed by atoms with E-state index in [0.717, 1.165) is 43.8 Å². The monoisotopic (exact) mass is 1500 g/mol. The van der Waals surface area contributed by atoms with Crippen LogP contribution in [0.4, 0.5) is 24.9 Å². The number of halogens is 2. The minimum Gasteiger partial charge on any atom is -0.444 e. The third-order valence-electron chi connectivity index (χ3n) is 11.6. The van der Waals surface area contributed by atoms with E-state index in [9.17, 15) is 38.9 Å². The topological polar surface area (TPSA) is 243 Å². The molecular formula is C56H73Br2N7O13S9. The van der Waals surface area contributed by atoms with Crippen LogP contribution < -0.4 is 15.4 Å². The molecule has 3 N–H and O–H groups in total. The highest BCUT2D eigenvalue weighted by atomic mass is 79.9. The van der Waals surface area contributed by atoms with Gasteiger partial charge in [0.2, 0.25) is 0 Å². The van der Waals surface area contributed by atoms with Crippen LogP contribution in [0.1, 0.15) is 125 Å². The Morgan fingerprint density at radius 3 is 1.55 bits per heavy atom. The summed E-state index contributed by atoms with van der Waals surface area (Å²) in [5.41, 5.74) is 1.52. The molecular weight excluding hydrogens is 1430 g/mol. The number of alkyl carbamates (subject to hydrolysis) is 2. The van der Waals surface area contributed by atoms with Crippen LogP contribution >= 0.6 is 31.9 Å². The number of carbonyl (C=O) groups excluding carboxylic acids is 6. The maximum absolute atomic E-state index is 13.6. The summed E-state index contributed by atoms with van der Waals surface area (Å²) in [6, 6.07) is 15.6. The van der Waals surface area contributed by atoms with Crippen molar-refractivity contribution < 1.29 is 57.4 Å². The lowest BCUT2D eigenvalue weighted by Gasteiger charge is -2.28. The Labute approximate surface area is 558 Å². The van der Waals surface area contributed by atoms with Gasteiger partial charge >= 0.3 is 30.3 Å². The summed E-state index contributed by atoms with van der Waals surface area (Å²) >= 11 is 24.7. The Hall–Kier alpha value is -4.70. The average molecular weight is 1500 g/mol. The molecule has 0 unspecified atom stereocenters. The molecule has 31 heteroatoms. The van der Waals surface area contributed by atoms with Crippen molar-refractivity contribution in [1.29, 1.82) is 0 Å². The molecule has 2 aliphatic heterocycles. The van der Waals surface area contributed by atoms with Crippen molar-refractivity contribution in [3.8, 4) is 5.75 Å². The molecule has 7 rings (SSSR count). The molecule has 2 aliphatic rings. The SMILES string of the molecule is CC(C)(C)OC(=O)N1CCC[C@H]1C(=O)Oc1ccc([N+](=O)[O-])cc1.CC(C)(C)OC(=O)NCCc1c[nH]c2cccc(Br)c12.CC(C)(C)OC(=O)NCCc1cn(C(=O)[C@@H]2CCCN2C(=O)OC(C)(C)C)c2cccc(Br)c12.S=S=S=S.S=S=S=S=S. The lowest BCUT2D eigenvalue weighted by Crippen LogP contribution is -2.44. The van der Waals surface area contributed by atoms with Gasteiger partial charge in [0.25, 0.3) is 11.6 Å². The third-order valence-corrected chi connectivity index (χ3v) is 19.6. The second kappa shape index (κ2) is 36.2. The Morgan fingerprint density at radius 2 is 1.09 bits per heavy atom. The highest BCUT2D eigenvalue weighted by molar-refractivity contribution is 9.11. The fourth-order valence-corrected chi connectivity index (χ4v) is 12.4. The molecule has 0 spiro atoms. The first kappa shape index (κ1) is 76.5. The summed E-state index contributed by atoms with van der Waals surface area (Å²) in [5, 5.41) is 18.2. The van der Waals surface area contributed by atoms with Gasteiger partial charge in [0.15, 0.2) is 0 Å². The van der Waals surface area contributed by atoms with Crippen LogP contribution in [0.3, 0.4) is 0 Å². The van der Waals surface area contributed by atoms with Gasteiger partial charge in [-0.1, -0.05) is 44.0 Å². The maximum Gasteiger partial charge on any atom is 0.411 e. The normalized spacial score (nSPS) is 14.5. The zero-order valence-electron chi connectivity index (χ0n) is 50.2. The number of non-ortho nitro benzene ring substituents is 1. The van der Waals surface area contributed by atoms with Crippen LogP contribution in [-0.4, -0.2) is 121 Å². The Kier molecular flexibility index (Phi) is 31.9. The molecule has 0 bridgehead atoms. The predicted octanol–water partition coefficient (Wildman–Crippen LogP) is 12.4. The number of likely N-dealkylation sites (tertiary alicyclic amines) is 2. The van der Waals surface area contributed by atoms with Gasteiger partial charge in [-0.2, -0.15) is 0 Å². The smallest absolute Gasteiger partial charge is 0.411 e. The molecule has 5 aromatic rings. The molecule has 0 aliphatic carbocycles. The van der Waals surface area contributed by atoms with Crippen molar-refractivity contribution in [3.63, 3.8) is 0 Å². The Balaban J connectivity index is 0.000000328. The highest BCUT2D eigenvalue weighted by Gasteiger charge is 2.39. The number of benzene rings is 3. The van der Waals surface area contributed by atoms with Crippen LogP contribution in [0.5, 0.6) is 5.75 Å². The number of nitrogens with one attached hydrogen (secondary N) is 3. The number of aromatic amines is 1. The van der Waals surface area contributed by atoms with E-state index in [-0.39, 0.29) is 23.4 Å². The van der Waals surface area contributed by atoms with Crippen molar-refractivity contribution >= 4 is 185 Å². The van der Waals surface area contributed by atoms with Crippen molar-refractivity contribution in [3.05, 3.63) is 103 Å². The molecule has 3 aromatic carbocycles. The van der Waals surface area contributed by atoms with E-state index >= 15 is 0 Å². The van der Waals surface area contributed by atoms with E-state index in [4.69, 9.17) is 23.7 Å². The zero-order valence-corrected chi connectivity index (χ0v) is 60.7. The van der Waals surface area contributed by atoms with Crippen LogP contribution in [0.25, 0.3) is 21.8 Å². The van der Waals surface area contributed by atoms with Crippen molar-refractivity contribution in [1.82, 2.24) is 30.0 Å². The molecule has 478 valence electrons. The summed E-state index contributed by atoms with van der Waals surface area (Å²) in [7, 11) is 6.29. The lowest BCUT2D eigenvalue weighted by atomic mass is 10.1. The fourth-order valence-electron chi connectivity index (χ4n) is 8.43. The number of aromatic nitrogens is 2. The van der Waals surface area contributed by atoms with Crippen LogP contribution in [0.15, 0.2) is 82.0 Å². The summed E-state index contributed by atoms with van der Waals surface area (Å²) in [6.45, 7) is 23.5. The van der Waals surface area contributed by atoms with E-state index in [1.807, 2.05) is 105 Å². The number of nitro groups is 1. The zero-order chi connectivity index (χ0) is 65.5. The second-order valence-electron chi connectivity index (χ2n) is 23.0. The van der Waals surface area contributed by atoms with E-state index < -0.39 is 63.7 Å². The van der Waals surface area contributed by atoms with Gasteiger partial charge in [0.1, 0.15) is 40.2 Å². The standard InChI is InChI=1S/C25H34BrN3O5.C16H20N2O6.C15H19BrN2O2.S5.S4/c1-24(2,3)33-22(31)27-13-12-16-15-29(18-10-7-9-17(26)20(16)18)21(30)19-11-8-14-28(19)23(32)34-25(4,5)6;1-16(2,3)24-15(20)17-10-4-5-13(17)14(19)23-12-8-6-11(7-9-12)18(21)22;1-15(2,3)20-14(19)17-8-7-10-9-18-12-6-4-5-11(16)13(10)12;1-3-5-4-2;1-3-4-2/h7,9-10,15,19H,8,11-14H2,1-6H3,(H,27,31);6-9,13H,4-5,10H2,1-3H3;4-6,9,18H,7-8H2,1-3H3,(H,17,19);;/t19-;13-;;;/m00.../s1. The van der Waals surface area contributed by atoms with Gasteiger partial charge in [0.05, 0.1) is 10.4 Å². The van der Waals surface area contributed by atoms with Crippen LogP contribution in [0, 0.1) is 10.1 Å². The molecule has 87 heavy (non-hydrogen) atoms. The fraction of sp³-hybridized carbons (Fsp3) is 0.500. The van der Waals surface area contributed by atoms with Crippen LogP contribution in [0.2, 0.25) is 0 Å². The molecule has 2 aromatic heterocycles. The summed E-state index contributed by atoms with van der Waals surface area (Å²) in [4.78, 5) is 90.6. The molecule has 2 atom stereocenters. The number of nitro benzene ring substituents is 1. The number of esters is 1. The van der Waals surface area contributed by atoms with Crippen molar-refractivity contribution in [2.24, 2.45) is 0 Å². The van der Waals surface area contributed by atoms with Gasteiger partial charge in [-0.3, -0.25) is 29.3 Å². The third kappa shape index (κ3) is 27.1. The number of rotatable bonds is 10. The maximum atomic E-state index is 13.6. The van der Waals surface area contributed by atoms with E-state index in [1.165, 1.54) is 89.4 Å². The number of nitrogens with zero attached hydrogens (tertiary/aromatic N) is 4. The molecule has 0 radical (unpaired) electrons. The van der Waals surface area contributed by atoms with E-state index in [1.54, 1.807) is 31.5 Å². The lowest BCUT2D eigenvalue weighted by molar-refractivity contribution is -0.384. The van der Waals surface area contributed by atoms with Crippen molar-refractivity contribution in [2.75, 3.05) is 26.2 Å². The molecule has 4 amide bonds. The van der Waals surface area contributed by atoms with E-state index in [2.05, 4.69) is 92.2 Å². The minimum absolute atomic E-state index is 0.0916. The second-order valence-corrected chi connectivity index (χ2v) is 33.6. The minimum atomic E-state index is -0.713. The molecule has 0 saturated carbocycles. The van der Waals surface area contributed by atoms with Gasteiger partial charge in [0, 0.05) is 165 Å². The van der Waals surface area contributed by atoms with Gasteiger partial charge < -0.3 is 39.3 Å². The Morgan fingerprint density at radius 1 is 0.632 bits per heavy atom. The number of hydrogen-bond acceptors (Lipinski definition) is 17. The van der Waals surface area contributed by atoms with Gasteiger partial charge in [-0.25, -0.2) is 24.0 Å². The van der Waals surface area contributed by atoms with Gasteiger partial charge in [-0.05, 0) is 169 Å². The summed E-state index contributed by atoms with van der Waals surface area (Å²) in [5.74, 6) is -0.549. The number of amides is 4. The van der Waals surface area contributed by atoms with Crippen LogP contribution in [-0.2, 0) is 126 Å². The first-order chi connectivity index (χ1) is 40.6. The number of ether oxygens (including phenoxy) is 5. The van der Waals surface area contributed by atoms with Gasteiger partial charge in [-0.15, -0.1) is 0 Å². The molecule has 20 nitrogen and oxygen atoms in total. The summed E-state index contributed by atoms with van der Waals surface area (Å²) < 4.78 is 30.1. The first-order valence-corrected chi connectivity index (χ1v) is 37.9. The predicted molar refractivity (Wildman–Crippen MR) is 369 cm³/mol. The quantitative estimate of drug-likeness (QED) is 0.0387. The van der Waals surface area contributed by atoms with Crippen molar-refractivity contribution in [2.45, 2.75) is 156 Å². The largest absolute Gasteiger partial charge is 0.444 e. The average Bonchev–Trinajstić information content (AvgIpc) is 1.72. The molecule has 4 heterocycles. The number of carbonyl (C=O) groups is 6. The first-order valence-electron chi connectivity index (χ1n) is 26.9. The number of fused-ring (bicyclic) bond motifs is 2. The summed E-state index contributed by atoms with van der Waals surface area (Å²) in [6.07, 6.45) is 5.67. The molecule has 2 saturated heterocycles.